The van der Waals surface area contributed by atoms with Crippen LogP contribution >= 0.6 is 11.3 Å². The number of rotatable bonds is 3. The molecule has 0 saturated carbocycles. The van der Waals surface area contributed by atoms with E-state index in [9.17, 15) is 0 Å². The molecule has 3 aromatic rings. The molecule has 0 aliphatic carbocycles. The van der Waals surface area contributed by atoms with Gasteiger partial charge in [-0.25, -0.2) is 0 Å². The van der Waals surface area contributed by atoms with Crippen LogP contribution in [0.2, 0.25) is 0 Å². The van der Waals surface area contributed by atoms with Gasteiger partial charge in [-0.2, -0.15) is 0 Å². The largest absolute Gasteiger partial charge is 0.381 e. The Bertz CT molecular complexity index is 749. The van der Waals surface area contributed by atoms with E-state index < -0.39 is 0 Å². The van der Waals surface area contributed by atoms with Crippen molar-refractivity contribution < 1.29 is 0 Å². The molecule has 0 atom stereocenters. The normalized spacial score (nSPS) is 11.8. The minimum atomic E-state index is 0.153. The van der Waals surface area contributed by atoms with Crippen LogP contribution in [0.3, 0.4) is 0 Å². The van der Waals surface area contributed by atoms with Crippen LogP contribution in [-0.4, -0.2) is 0 Å². The number of hydrogen-bond acceptors (Lipinski definition) is 2. The first-order chi connectivity index (χ1) is 10.1. The molecule has 0 fully saturated rings. The molecule has 1 N–H and O–H groups in total. The molecule has 1 heterocycles. The van der Waals surface area contributed by atoms with Crippen molar-refractivity contribution in [2.45, 2.75) is 32.7 Å². The van der Waals surface area contributed by atoms with Gasteiger partial charge in [-0.15, -0.1) is 11.3 Å². The Morgan fingerprint density at radius 2 is 1.67 bits per heavy atom. The minimum Gasteiger partial charge on any atom is -0.381 e. The highest BCUT2D eigenvalue weighted by molar-refractivity contribution is 7.17. The molecule has 0 bridgehead atoms. The first-order valence-electron chi connectivity index (χ1n) is 7.34. The lowest BCUT2D eigenvalue weighted by atomic mass is 9.86. The molecule has 0 unspecified atom stereocenters. The van der Waals surface area contributed by atoms with Gasteiger partial charge >= 0.3 is 0 Å². The predicted octanol–water partition coefficient (Wildman–Crippen LogP) is 5.81. The van der Waals surface area contributed by atoms with Crippen molar-refractivity contribution >= 4 is 27.1 Å². The van der Waals surface area contributed by atoms with E-state index in [4.69, 9.17) is 0 Å². The number of hydrogen-bond donors (Lipinski definition) is 1. The van der Waals surface area contributed by atoms with Crippen LogP contribution in [0.1, 0.15) is 31.9 Å². The number of thiophene rings is 1. The van der Waals surface area contributed by atoms with Crippen LogP contribution in [-0.2, 0) is 12.0 Å². The lowest BCUT2D eigenvalue weighted by molar-refractivity contribution is 0.591. The highest BCUT2D eigenvalue weighted by atomic mass is 32.1. The summed E-state index contributed by atoms with van der Waals surface area (Å²) in [6, 6.07) is 17.2. The Kier molecular flexibility index (Phi) is 3.73. The van der Waals surface area contributed by atoms with Crippen molar-refractivity contribution in [3.05, 3.63) is 65.0 Å². The second-order valence-corrected chi connectivity index (χ2v) is 7.32. The molecular weight excluding hydrogens is 274 g/mol. The maximum absolute atomic E-state index is 3.62. The minimum absolute atomic E-state index is 0.153. The van der Waals surface area contributed by atoms with Crippen LogP contribution < -0.4 is 5.32 Å². The van der Waals surface area contributed by atoms with Crippen LogP contribution in [0.5, 0.6) is 0 Å². The Hall–Kier alpha value is -1.80. The summed E-state index contributed by atoms with van der Waals surface area (Å²) < 4.78 is 1.36. The molecule has 0 amide bonds. The first-order valence-corrected chi connectivity index (χ1v) is 8.22. The molecule has 2 heteroatoms. The molecule has 2 aromatic carbocycles. The first kappa shape index (κ1) is 14.2. The van der Waals surface area contributed by atoms with Crippen molar-refractivity contribution in [2.24, 2.45) is 0 Å². The van der Waals surface area contributed by atoms with Crippen molar-refractivity contribution in [1.29, 1.82) is 0 Å². The lowest BCUT2D eigenvalue weighted by Crippen LogP contribution is -2.14. The van der Waals surface area contributed by atoms with Crippen LogP contribution in [0.25, 0.3) is 10.1 Å². The van der Waals surface area contributed by atoms with E-state index in [2.05, 4.69) is 80.0 Å². The fraction of sp³-hybridized carbons (Fsp3) is 0.263. The Morgan fingerprint density at radius 1 is 0.952 bits per heavy atom. The molecule has 0 radical (unpaired) electrons. The Labute approximate surface area is 130 Å². The van der Waals surface area contributed by atoms with Crippen molar-refractivity contribution in [3.63, 3.8) is 0 Å². The zero-order chi connectivity index (χ0) is 14.9. The summed E-state index contributed by atoms with van der Waals surface area (Å²) in [5.74, 6) is 0. The maximum Gasteiger partial charge on any atom is 0.0415 e. The summed E-state index contributed by atoms with van der Waals surface area (Å²) in [4.78, 5) is 0. The molecule has 21 heavy (non-hydrogen) atoms. The molecular formula is C19H21NS. The van der Waals surface area contributed by atoms with Gasteiger partial charge in [-0.3, -0.25) is 0 Å². The van der Waals surface area contributed by atoms with Gasteiger partial charge in [0.05, 0.1) is 0 Å². The van der Waals surface area contributed by atoms with E-state index in [-0.39, 0.29) is 5.41 Å². The van der Waals surface area contributed by atoms with Crippen molar-refractivity contribution in [3.8, 4) is 0 Å². The Morgan fingerprint density at radius 3 is 2.48 bits per heavy atom. The van der Waals surface area contributed by atoms with E-state index in [0.717, 1.165) is 6.54 Å². The standard InChI is InChI=1S/C19H21NS/c1-19(2,3)16-9-5-6-10-17(16)20-12-14-13-21-18-11-7-4-8-15(14)18/h4-11,13,20H,12H2,1-3H3. The third-order valence-corrected chi connectivity index (χ3v) is 4.78. The number of para-hydroxylation sites is 1. The zero-order valence-electron chi connectivity index (χ0n) is 12.8. The summed E-state index contributed by atoms with van der Waals surface area (Å²) in [6.07, 6.45) is 0. The quantitative estimate of drug-likeness (QED) is 0.643. The summed E-state index contributed by atoms with van der Waals surface area (Å²) in [5.41, 5.74) is 4.13. The van der Waals surface area contributed by atoms with Gasteiger partial charge in [0, 0.05) is 16.9 Å². The summed E-state index contributed by atoms with van der Waals surface area (Å²) in [7, 11) is 0. The second kappa shape index (κ2) is 5.53. The van der Waals surface area contributed by atoms with Gasteiger partial charge in [-0.05, 0) is 39.4 Å². The third kappa shape index (κ3) is 2.96. The predicted molar refractivity (Wildman–Crippen MR) is 94.3 cm³/mol. The van der Waals surface area contributed by atoms with Crippen LogP contribution in [0.15, 0.2) is 53.9 Å². The highest BCUT2D eigenvalue weighted by Crippen LogP contribution is 2.31. The average molecular weight is 295 g/mol. The van der Waals surface area contributed by atoms with Gasteiger partial charge in [0.15, 0.2) is 0 Å². The molecule has 0 saturated heterocycles. The van der Waals surface area contributed by atoms with E-state index in [1.165, 1.54) is 26.9 Å². The molecule has 1 nitrogen and oxygen atoms in total. The molecule has 3 rings (SSSR count). The smallest absolute Gasteiger partial charge is 0.0415 e. The van der Waals surface area contributed by atoms with Gasteiger partial charge in [-0.1, -0.05) is 57.2 Å². The van der Waals surface area contributed by atoms with E-state index in [0.29, 0.717) is 0 Å². The molecule has 108 valence electrons. The maximum atomic E-state index is 3.62. The summed E-state index contributed by atoms with van der Waals surface area (Å²) in [5, 5.41) is 7.25. The fourth-order valence-corrected chi connectivity index (χ4v) is 3.61. The summed E-state index contributed by atoms with van der Waals surface area (Å²) in [6.45, 7) is 7.64. The average Bonchev–Trinajstić information content (AvgIpc) is 2.88. The fourth-order valence-electron chi connectivity index (χ4n) is 2.65. The van der Waals surface area contributed by atoms with Gasteiger partial charge in [0.25, 0.3) is 0 Å². The van der Waals surface area contributed by atoms with Crippen LogP contribution in [0.4, 0.5) is 5.69 Å². The van der Waals surface area contributed by atoms with Gasteiger partial charge in [0.1, 0.15) is 0 Å². The number of nitrogens with one attached hydrogen (secondary N) is 1. The number of fused-ring (bicyclic) bond motifs is 1. The SMILES string of the molecule is CC(C)(C)c1ccccc1NCc1csc2ccccc12. The van der Waals surface area contributed by atoms with Crippen molar-refractivity contribution in [2.75, 3.05) is 5.32 Å². The van der Waals surface area contributed by atoms with E-state index in [1.54, 1.807) is 0 Å². The summed E-state index contributed by atoms with van der Waals surface area (Å²) >= 11 is 1.82. The van der Waals surface area contributed by atoms with Crippen molar-refractivity contribution in [1.82, 2.24) is 0 Å². The highest BCUT2D eigenvalue weighted by Gasteiger charge is 2.17. The van der Waals surface area contributed by atoms with Gasteiger partial charge in [0.2, 0.25) is 0 Å². The van der Waals surface area contributed by atoms with Gasteiger partial charge < -0.3 is 5.32 Å². The monoisotopic (exact) mass is 295 g/mol. The second-order valence-electron chi connectivity index (χ2n) is 6.41. The third-order valence-electron chi connectivity index (χ3n) is 3.77. The van der Waals surface area contributed by atoms with E-state index >= 15 is 0 Å². The zero-order valence-corrected chi connectivity index (χ0v) is 13.6. The number of benzene rings is 2. The number of anilines is 1. The van der Waals surface area contributed by atoms with Crippen LogP contribution in [0, 0.1) is 0 Å². The molecule has 0 aliphatic rings. The molecule has 1 aromatic heterocycles. The Balaban J connectivity index is 1.86. The molecule has 0 aliphatic heterocycles. The topological polar surface area (TPSA) is 12.0 Å². The lowest BCUT2D eigenvalue weighted by Gasteiger charge is -2.23. The van der Waals surface area contributed by atoms with E-state index in [1.807, 2.05) is 11.3 Å². The molecule has 0 spiro atoms.